The van der Waals surface area contributed by atoms with E-state index in [0.29, 0.717) is 0 Å². The summed E-state index contributed by atoms with van der Waals surface area (Å²) in [5, 5.41) is 8.45. The van der Waals surface area contributed by atoms with Gasteiger partial charge in [0.15, 0.2) is 0 Å². The van der Waals surface area contributed by atoms with Crippen LogP contribution in [0.5, 0.6) is 0 Å². The van der Waals surface area contributed by atoms with E-state index >= 15 is 0 Å². The number of unbranched alkanes of at least 4 members (excludes halogenated alkanes) is 2. The first-order valence-corrected chi connectivity index (χ1v) is 6.76. The average Bonchev–Trinajstić information content (AvgIpc) is 2.68. The number of nitrogens with zero attached hydrogens (tertiary/aromatic N) is 1. The average molecular weight is 257 g/mol. The maximum atomic E-state index is 10.3. The lowest BCUT2D eigenvalue weighted by Gasteiger charge is -2.03. The van der Waals surface area contributed by atoms with E-state index in [0.717, 1.165) is 44.6 Å². The van der Waals surface area contributed by atoms with Gasteiger partial charge in [-0.25, -0.2) is 4.98 Å². The standard InChI is InChI=1S/C12H19NO3S/c1-10-11(17-9-13-10)6-8-16-7-4-2-3-5-12(14)15/h9H,2-8H2,1H3,(H,14,15). The number of carboxylic acid groups (broad SMARTS) is 1. The summed E-state index contributed by atoms with van der Waals surface area (Å²) in [6.45, 7) is 3.46. The smallest absolute Gasteiger partial charge is 0.303 e. The first kappa shape index (κ1) is 14.1. The van der Waals surface area contributed by atoms with Gasteiger partial charge in [-0.1, -0.05) is 6.42 Å². The molecule has 4 nitrogen and oxygen atoms in total. The van der Waals surface area contributed by atoms with E-state index < -0.39 is 5.97 Å². The number of hydrogen-bond acceptors (Lipinski definition) is 4. The van der Waals surface area contributed by atoms with Crippen LogP contribution in [-0.4, -0.2) is 29.3 Å². The number of aromatic nitrogens is 1. The minimum atomic E-state index is -0.716. The quantitative estimate of drug-likeness (QED) is 0.691. The van der Waals surface area contributed by atoms with E-state index in [4.69, 9.17) is 9.84 Å². The number of carbonyl (C=O) groups is 1. The van der Waals surface area contributed by atoms with E-state index in [-0.39, 0.29) is 6.42 Å². The lowest BCUT2D eigenvalue weighted by atomic mass is 10.2. The van der Waals surface area contributed by atoms with Gasteiger partial charge in [-0.05, 0) is 19.8 Å². The molecule has 0 aromatic carbocycles. The molecular weight excluding hydrogens is 238 g/mol. The van der Waals surface area contributed by atoms with Crippen molar-refractivity contribution in [3.63, 3.8) is 0 Å². The molecule has 96 valence electrons. The largest absolute Gasteiger partial charge is 0.481 e. The highest BCUT2D eigenvalue weighted by atomic mass is 32.1. The van der Waals surface area contributed by atoms with Gasteiger partial charge >= 0.3 is 5.97 Å². The molecule has 0 radical (unpaired) electrons. The second kappa shape index (κ2) is 8.20. The molecule has 1 aromatic rings. The molecule has 1 heterocycles. The minimum absolute atomic E-state index is 0.264. The van der Waals surface area contributed by atoms with E-state index in [1.807, 2.05) is 12.4 Å². The predicted molar refractivity (Wildman–Crippen MR) is 67.5 cm³/mol. The highest BCUT2D eigenvalue weighted by molar-refractivity contribution is 7.09. The second-order valence-corrected chi connectivity index (χ2v) is 4.87. The van der Waals surface area contributed by atoms with E-state index in [9.17, 15) is 4.79 Å². The van der Waals surface area contributed by atoms with Crippen LogP contribution in [0.25, 0.3) is 0 Å². The Labute approximate surface area is 106 Å². The summed E-state index contributed by atoms with van der Waals surface area (Å²) >= 11 is 1.67. The molecule has 0 aliphatic carbocycles. The summed E-state index contributed by atoms with van der Waals surface area (Å²) < 4.78 is 5.50. The van der Waals surface area contributed by atoms with Crippen molar-refractivity contribution in [3.8, 4) is 0 Å². The Kier molecular flexibility index (Phi) is 6.81. The lowest BCUT2D eigenvalue weighted by molar-refractivity contribution is -0.137. The van der Waals surface area contributed by atoms with Crippen molar-refractivity contribution in [2.45, 2.75) is 39.0 Å². The monoisotopic (exact) mass is 257 g/mol. The number of thiazole rings is 1. The van der Waals surface area contributed by atoms with Gasteiger partial charge in [0.1, 0.15) is 0 Å². The van der Waals surface area contributed by atoms with Crippen LogP contribution in [0.4, 0.5) is 0 Å². The Morgan fingerprint density at radius 2 is 2.24 bits per heavy atom. The first-order valence-electron chi connectivity index (χ1n) is 5.88. The van der Waals surface area contributed by atoms with Crippen molar-refractivity contribution >= 4 is 17.3 Å². The Morgan fingerprint density at radius 1 is 1.41 bits per heavy atom. The Balaban J connectivity index is 1.91. The molecule has 0 bridgehead atoms. The van der Waals surface area contributed by atoms with Crippen molar-refractivity contribution in [3.05, 3.63) is 16.1 Å². The molecule has 1 rings (SSSR count). The molecule has 0 atom stereocenters. The number of carboxylic acids is 1. The van der Waals surface area contributed by atoms with Gasteiger partial charge in [0.25, 0.3) is 0 Å². The topological polar surface area (TPSA) is 59.4 Å². The number of aliphatic carboxylic acids is 1. The zero-order valence-corrected chi connectivity index (χ0v) is 11.0. The van der Waals surface area contributed by atoms with Crippen molar-refractivity contribution in [2.75, 3.05) is 13.2 Å². The molecule has 0 unspecified atom stereocenters. The zero-order chi connectivity index (χ0) is 12.5. The zero-order valence-electron chi connectivity index (χ0n) is 10.1. The molecule has 0 aliphatic heterocycles. The van der Waals surface area contributed by atoms with Crippen molar-refractivity contribution in [1.82, 2.24) is 4.98 Å². The fourth-order valence-corrected chi connectivity index (χ4v) is 2.25. The van der Waals surface area contributed by atoms with E-state index in [2.05, 4.69) is 4.98 Å². The summed E-state index contributed by atoms with van der Waals surface area (Å²) in [5.74, 6) is -0.716. The molecule has 0 fully saturated rings. The number of hydrogen-bond donors (Lipinski definition) is 1. The summed E-state index contributed by atoms with van der Waals surface area (Å²) in [5.41, 5.74) is 2.95. The van der Waals surface area contributed by atoms with Crippen LogP contribution in [0, 0.1) is 6.92 Å². The highest BCUT2D eigenvalue weighted by Gasteiger charge is 2.01. The van der Waals surface area contributed by atoms with E-state index in [1.54, 1.807) is 11.3 Å². The maximum absolute atomic E-state index is 10.3. The van der Waals surface area contributed by atoms with Crippen LogP contribution < -0.4 is 0 Å². The van der Waals surface area contributed by atoms with E-state index in [1.165, 1.54) is 4.88 Å². The molecule has 5 heteroatoms. The number of rotatable bonds is 9. The molecule has 0 spiro atoms. The Morgan fingerprint density at radius 3 is 2.88 bits per heavy atom. The molecule has 0 saturated heterocycles. The van der Waals surface area contributed by atoms with Crippen LogP contribution in [-0.2, 0) is 16.0 Å². The summed E-state index contributed by atoms with van der Waals surface area (Å²) in [6.07, 6.45) is 3.79. The Hall–Kier alpha value is -0.940. The minimum Gasteiger partial charge on any atom is -0.481 e. The lowest BCUT2D eigenvalue weighted by Crippen LogP contribution is -2.01. The molecule has 1 aromatic heterocycles. The van der Waals surface area contributed by atoms with Gasteiger partial charge < -0.3 is 9.84 Å². The highest BCUT2D eigenvalue weighted by Crippen LogP contribution is 2.12. The van der Waals surface area contributed by atoms with Crippen LogP contribution >= 0.6 is 11.3 Å². The molecule has 17 heavy (non-hydrogen) atoms. The van der Waals surface area contributed by atoms with Gasteiger partial charge in [-0.15, -0.1) is 11.3 Å². The normalized spacial score (nSPS) is 10.6. The third-order valence-electron chi connectivity index (χ3n) is 2.50. The molecule has 1 N–H and O–H groups in total. The summed E-state index contributed by atoms with van der Waals surface area (Å²) in [6, 6.07) is 0. The maximum Gasteiger partial charge on any atom is 0.303 e. The van der Waals surface area contributed by atoms with Gasteiger partial charge in [0, 0.05) is 24.3 Å². The van der Waals surface area contributed by atoms with Crippen molar-refractivity contribution in [2.24, 2.45) is 0 Å². The second-order valence-electron chi connectivity index (χ2n) is 3.93. The van der Waals surface area contributed by atoms with Crippen molar-refractivity contribution < 1.29 is 14.6 Å². The number of ether oxygens (including phenoxy) is 1. The number of aryl methyl sites for hydroxylation is 1. The van der Waals surface area contributed by atoms with Crippen molar-refractivity contribution in [1.29, 1.82) is 0 Å². The third kappa shape index (κ3) is 6.38. The van der Waals surface area contributed by atoms with Gasteiger partial charge in [0.2, 0.25) is 0 Å². The fourth-order valence-electron chi connectivity index (χ4n) is 1.49. The third-order valence-corrected chi connectivity index (χ3v) is 3.49. The molecule has 0 aliphatic rings. The SMILES string of the molecule is Cc1ncsc1CCOCCCCCC(=O)O. The fraction of sp³-hybridized carbons (Fsp3) is 0.667. The summed E-state index contributed by atoms with van der Waals surface area (Å²) in [7, 11) is 0. The van der Waals surface area contributed by atoms with Crippen LogP contribution in [0.3, 0.4) is 0 Å². The molecule has 0 amide bonds. The van der Waals surface area contributed by atoms with Gasteiger partial charge in [-0.3, -0.25) is 4.79 Å². The predicted octanol–water partition coefficient (Wildman–Crippen LogP) is 2.66. The van der Waals surface area contributed by atoms with Gasteiger partial charge in [-0.2, -0.15) is 0 Å². The molecular formula is C12H19NO3S. The van der Waals surface area contributed by atoms with Crippen LogP contribution in [0.15, 0.2) is 5.51 Å². The first-order chi connectivity index (χ1) is 8.20. The molecule has 0 saturated carbocycles. The van der Waals surface area contributed by atoms with Gasteiger partial charge in [0.05, 0.1) is 17.8 Å². The Bertz CT molecular complexity index is 338. The van der Waals surface area contributed by atoms with Crippen LogP contribution in [0.2, 0.25) is 0 Å². The summed E-state index contributed by atoms with van der Waals surface area (Å²) in [4.78, 5) is 15.7. The van der Waals surface area contributed by atoms with Crippen LogP contribution in [0.1, 0.15) is 36.3 Å².